The molecule has 0 fully saturated rings. The van der Waals surface area contributed by atoms with Crippen LogP contribution < -0.4 is 9.47 Å². The molecule has 0 aliphatic rings. The van der Waals surface area contributed by atoms with Crippen molar-refractivity contribution in [3.63, 3.8) is 0 Å². The molecule has 2 aromatic rings. The average Bonchev–Trinajstić information content (AvgIpc) is 2.43. The number of phenols is 1. The lowest BCUT2D eigenvalue weighted by Crippen LogP contribution is -1.99. The van der Waals surface area contributed by atoms with E-state index in [1.54, 1.807) is 6.07 Å². The van der Waals surface area contributed by atoms with E-state index < -0.39 is 0 Å². The summed E-state index contributed by atoms with van der Waals surface area (Å²) in [5.74, 6) is 1.54. The van der Waals surface area contributed by atoms with Crippen LogP contribution in [0.3, 0.4) is 0 Å². The molecule has 0 aromatic heterocycles. The summed E-state index contributed by atoms with van der Waals surface area (Å²) in [6.45, 7) is 7.05. The van der Waals surface area contributed by atoms with Gasteiger partial charge in [-0.25, -0.2) is 0 Å². The number of rotatable bonds is 5. The van der Waals surface area contributed by atoms with E-state index in [2.05, 4.69) is 13.0 Å². The van der Waals surface area contributed by atoms with E-state index in [4.69, 9.17) is 9.47 Å². The van der Waals surface area contributed by atoms with E-state index in [9.17, 15) is 5.11 Å². The van der Waals surface area contributed by atoms with Gasteiger partial charge in [-0.15, -0.1) is 0 Å². The summed E-state index contributed by atoms with van der Waals surface area (Å²) in [6.07, 6.45) is 0.937. The van der Waals surface area contributed by atoms with Gasteiger partial charge in [0.15, 0.2) is 11.5 Å². The number of aromatic hydroxyl groups is 1. The average molecular weight is 260 g/mol. The van der Waals surface area contributed by atoms with Crippen LogP contribution in [0, 0.1) is 0 Å². The molecule has 102 valence electrons. The summed E-state index contributed by atoms with van der Waals surface area (Å²) in [7, 11) is 0. The van der Waals surface area contributed by atoms with Gasteiger partial charge < -0.3 is 14.6 Å². The highest BCUT2D eigenvalue weighted by Crippen LogP contribution is 2.41. The highest BCUT2D eigenvalue weighted by molar-refractivity contribution is 5.95. The molecule has 0 spiro atoms. The van der Waals surface area contributed by atoms with Gasteiger partial charge in [0.1, 0.15) is 5.75 Å². The predicted octanol–water partition coefficient (Wildman–Crippen LogP) is 3.91. The van der Waals surface area contributed by atoms with Crippen LogP contribution in [0.25, 0.3) is 10.8 Å². The van der Waals surface area contributed by atoms with Crippen LogP contribution in [0.1, 0.15) is 26.3 Å². The van der Waals surface area contributed by atoms with Crippen LogP contribution in [-0.2, 0) is 6.42 Å². The van der Waals surface area contributed by atoms with Crippen LogP contribution in [0.2, 0.25) is 0 Å². The number of ether oxygens (including phenoxy) is 2. The van der Waals surface area contributed by atoms with Crippen molar-refractivity contribution in [2.45, 2.75) is 27.2 Å². The Morgan fingerprint density at radius 3 is 2.32 bits per heavy atom. The SMILES string of the molecule is CCOc1cc(O)c2cc(CC)ccc2c1OCC. The number of benzene rings is 2. The maximum Gasteiger partial charge on any atom is 0.169 e. The van der Waals surface area contributed by atoms with Crippen LogP contribution >= 0.6 is 0 Å². The van der Waals surface area contributed by atoms with Gasteiger partial charge in [0.05, 0.1) is 13.2 Å². The van der Waals surface area contributed by atoms with E-state index in [0.717, 1.165) is 17.2 Å². The van der Waals surface area contributed by atoms with Crippen LogP contribution in [0.15, 0.2) is 24.3 Å². The number of hydrogen-bond acceptors (Lipinski definition) is 3. The smallest absolute Gasteiger partial charge is 0.169 e. The minimum Gasteiger partial charge on any atom is -0.507 e. The Hall–Kier alpha value is -1.90. The molecule has 0 saturated carbocycles. The van der Waals surface area contributed by atoms with Crippen molar-refractivity contribution < 1.29 is 14.6 Å². The Bertz CT molecular complexity index is 576. The fourth-order valence-corrected chi connectivity index (χ4v) is 2.18. The second-order valence-corrected chi connectivity index (χ2v) is 4.32. The molecule has 0 bridgehead atoms. The van der Waals surface area contributed by atoms with E-state index in [-0.39, 0.29) is 5.75 Å². The predicted molar refractivity (Wildman–Crippen MR) is 77.3 cm³/mol. The van der Waals surface area contributed by atoms with Gasteiger partial charge in [0.2, 0.25) is 0 Å². The standard InChI is InChI=1S/C16H20O3/c1-4-11-7-8-12-13(9-11)14(17)10-15(18-5-2)16(12)19-6-3/h7-10,17H,4-6H2,1-3H3. The topological polar surface area (TPSA) is 38.7 Å². The zero-order chi connectivity index (χ0) is 13.8. The highest BCUT2D eigenvalue weighted by Gasteiger charge is 2.14. The third-order valence-corrected chi connectivity index (χ3v) is 3.09. The zero-order valence-corrected chi connectivity index (χ0v) is 11.7. The summed E-state index contributed by atoms with van der Waals surface area (Å²) in [4.78, 5) is 0. The summed E-state index contributed by atoms with van der Waals surface area (Å²) in [5.41, 5.74) is 1.19. The zero-order valence-electron chi connectivity index (χ0n) is 11.7. The summed E-state index contributed by atoms with van der Waals surface area (Å²) >= 11 is 0. The minimum absolute atomic E-state index is 0.234. The fraction of sp³-hybridized carbons (Fsp3) is 0.375. The van der Waals surface area contributed by atoms with Crippen LogP contribution in [0.4, 0.5) is 0 Å². The van der Waals surface area contributed by atoms with Gasteiger partial charge in [-0.2, -0.15) is 0 Å². The molecule has 0 amide bonds. The van der Waals surface area contributed by atoms with Crippen molar-refractivity contribution in [3.05, 3.63) is 29.8 Å². The van der Waals surface area contributed by atoms with Gasteiger partial charge in [-0.3, -0.25) is 0 Å². The van der Waals surface area contributed by atoms with Crippen molar-refractivity contribution in [3.8, 4) is 17.2 Å². The Morgan fingerprint density at radius 1 is 0.947 bits per heavy atom. The van der Waals surface area contributed by atoms with E-state index >= 15 is 0 Å². The summed E-state index contributed by atoms with van der Waals surface area (Å²) in [6, 6.07) is 7.68. The quantitative estimate of drug-likeness (QED) is 0.886. The minimum atomic E-state index is 0.234. The normalized spacial score (nSPS) is 10.7. The van der Waals surface area contributed by atoms with Gasteiger partial charge in [0.25, 0.3) is 0 Å². The Balaban J connectivity index is 2.68. The molecule has 3 nitrogen and oxygen atoms in total. The van der Waals surface area contributed by atoms with Crippen molar-refractivity contribution in [1.29, 1.82) is 0 Å². The lowest BCUT2D eigenvalue weighted by atomic mass is 10.0. The Morgan fingerprint density at radius 2 is 1.68 bits per heavy atom. The van der Waals surface area contributed by atoms with Gasteiger partial charge >= 0.3 is 0 Å². The second kappa shape index (κ2) is 5.83. The number of aryl methyl sites for hydroxylation is 1. The fourth-order valence-electron chi connectivity index (χ4n) is 2.18. The largest absolute Gasteiger partial charge is 0.507 e. The second-order valence-electron chi connectivity index (χ2n) is 4.32. The summed E-state index contributed by atoms with van der Waals surface area (Å²) < 4.78 is 11.2. The Labute approximate surface area is 113 Å². The number of hydrogen-bond donors (Lipinski definition) is 1. The molecular weight excluding hydrogens is 240 g/mol. The van der Waals surface area contributed by atoms with Crippen LogP contribution in [0.5, 0.6) is 17.2 Å². The monoisotopic (exact) mass is 260 g/mol. The van der Waals surface area contributed by atoms with E-state index in [1.807, 2.05) is 26.0 Å². The maximum atomic E-state index is 10.2. The third kappa shape index (κ3) is 2.60. The lowest BCUT2D eigenvalue weighted by Gasteiger charge is -2.15. The van der Waals surface area contributed by atoms with E-state index in [0.29, 0.717) is 24.7 Å². The highest BCUT2D eigenvalue weighted by atomic mass is 16.5. The van der Waals surface area contributed by atoms with Crippen LogP contribution in [-0.4, -0.2) is 18.3 Å². The van der Waals surface area contributed by atoms with Crippen molar-refractivity contribution in [2.24, 2.45) is 0 Å². The molecule has 19 heavy (non-hydrogen) atoms. The van der Waals surface area contributed by atoms with Crippen molar-refractivity contribution >= 4 is 10.8 Å². The third-order valence-electron chi connectivity index (χ3n) is 3.09. The molecule has 0 radical (unpaired) electrons. The molecule has 1 N–H and O–H groups in total. The molecule has 2 rings (SSSR count). The first-order chi connectivity index (χ1) is 9.21. The first-order valence-corrected chi connectivity index (χ1v) is 6.75. The van der Waals surface area contributed by atoms with Gasteiger partial charge in [-0.1, -0.05) is 19.1 Å². The lowest BCUT2D eigenvalue weighted by molar-refractivity contribution is 0.289. The maximum absolute atomic E-state index is 10.2. The molecule has 0 saturated heterocycles. The molecule has 0 heterocycles. The Kier molecular flexibility index (Phi) is 4.15. The first kappa shape index (κ1) is 13.5. The van der Waals surface area contributed by atoms with Crippen molar-refractivity contribution in [1.82, 2.24) is 0 Å². The molecule has 3 heteroatoms. The van der Waals surface area contributed by atoms with Crippen molar-refractivity contribution in [2.75, 3.05) is 13.2 Å². The molecule has 2 aromatic carbocycles. The number of phenolic OH excluding ortho intramolecular Hbond substituents is 1. The molecular formula is C16H20O3. The summed E-state index contributed by atoms with van der Waals surface area (Å²) in [5, 5.41) is 11.9. The molecule has 0 aliphatic heterocycles. The van der Waals surface area contributed by atoms with Gasteiger partial charge in [-0.05, 0) is 31.9 Å². The van der Waals surface area contributed by atoms with Gasteiger partial charge in [0, 0.05) is 16.8 Å². The number of fused-ring (bicyclic) bond motifs is 1. The molecule has 0 aliphatic carbocycles. The first-order valence-electron chi connectivity index (χ1n) is 6.75. The van der Waals surface area contributed by atoms with E-state index in [1.165, 1.54) is 5.56 Å². The molecule has 0 unspecified atom stereocenters. The molecule has 0 atom stereocenters.